The van der Waals surface area contributed by atoms with Crippen molar-refractivity contribution in [1.29, 1.82) is 0 Å². The molecule has 0 radical (unpaired) electrons. The molecule has 1 fully saturated rings. The van der Waals surface area contributed by atoms with Crippen LogP contribution in [0.3, 0.4) is 0 Å². The third-order valence-electron chi connectivity index (χ3n) is 5.07. The van der Waals surface area contributed by atoms with Crippen LogP contribution < -0.4 is 9.64 Å². The van der Waals surface area contributed by atoms with Crippen LogP contribution in [0.15, 0.2) is 65.6 Å². The molecule has 4 rings (SSSR count). The fourth-order valence-electron chi connectivity index (χ4n) is 3.42. The molecule has 1 aliphatic heterocycles. The second-order valence-corrected chi connectivity index (χ2v) is 8.87. The minimum atomic E-state index is -0.478. The molecule has 1 aliphatic rings. The van der Waals surface area contributed by atoms with Gasteiger partial charge in [0.05, 0.1) is 22.1 Å². The topological polar surface area (TPSA) is 72.7 Å². The van der Waals surface area contributed by atoms with Gasteiger partial charge in [0.2, 0.25) is 0 Å². The first kappa shape index (κ1) is 22.0. The Balaban J connectivity index is 1.72. The summed E-state index contributed by atoms with van der Waals surface area (Å²) in [4.78, 5) is 25.5. The molecule has 3 aromatic carbocycles. The maximum absolute atomic E-state index is 13.2. The van der Waals surface area contributed by atoms with E-state index < -0.39 is 4.92 Å². The summed E-state index contributed by atoms with van der Waals surface area (Å²) in [6, 6.07) is 17.7. The molecule has 0 N–H and O–H groups in total. The Bertz CT molecular complexity index is 1240. The SMILES string of the molecule is CCCCOc1ccc2ccccc2c1/C=C1/SC(=S)N(c2ccc([N+](=O)[O-])cc2)C1=O. The van der Waals surface area contributed by atoms with E-state index in [1.807, 2.05) is 42.5 Å². The summed E-state index contributed by atoms with van der Waals surface area (Å²) in [5.41, 5.74) is 1.29. The Morgan fingerprint density at radius 1 is 1.12 bits per heavy atom. The number of fused-ring (bicyclic) bond motifs is 1. The molecule has 6 nitrogen and oxygen atoms in total. The van der Waals surface area contributed by atoms with Crippen molar-refractivity contribution in [3.8, 4) is 5.75 Å². The molecule has 0 aromatic heterocycles. The number of anilines is 1. The molecular formula is C24H20N2O4S2. The molecule has 8 heteroatoms. The number of benzene rings is 3. The number of nitrogens with zero attached hydrogens (tertiary/aromatic N) is 2. The number of ether oxygens (including phenoxy) is 1. The van der Waals surface area contributed by atoms with E-state index in [1.54, 1.807) is 0 Å². The quantitative estimate of drug-likeness (QED) is 0.134. The summed E-state index contributed by atoms with van der Waals surface area (Å²) in [5, 5.41) is 13.0. The molecule has 1 amide bonds. The predicted octanol–water partition coefficient (Wildman–Crippen LogP) is 6.33. The van der Waals surface area contributed by atoms with Gasteiger partial charge in [-0.2, -0.15) is 0 Å². The average molecular weight is 465 g/mol. The Labute approximate surface area is 195 Å². The number of nitro groups is 1. The Morgan fingerprint density at radius 2 is 1.88 bits per heavy atom. The van der Waals surface area contributed by atoms with Crippen LogP contribution in [0.25, 0.3) is 16.8 Å². The normalized spacial score (nSPS) is 15.0. The highest BCUT2D eigenvalue weighted by Gasteiger charge is 2.34. The highest BCUT2D eigenvalue weighted by Crippen LogP contribution is 2.39. The number of amides is 1. The number of carbonyl (C=O) groups is 1. The summed E-state index contributed by atoms with van der Waals surface area (Å²) in [7, 11) is 0. The van der Waals surface area contributed by atoms with Crippen molar-refractivity contribution >= 4 is 62.4 Å². The van der Waals surface area contributed by atoms with E-state index in [9.17, 15) is 14.9 Å². The monoisotopic (exact) mass is 464 g/mol. The number of rotatable bonds is 7. The summed E-state index contributed by atoms with van der Waals surface area (Å²) >= 11 is 6.66. The third kappa shape index (κ3) is 4.37. The number of thioether (sulfide) groups is 1. The second-order valence-electron chi connectivity index (χ2n) is 7.19. The number of hydrogen-bond donors (Lipinski definition) is 0. The average Bonchev–Trinajstić information content (AvgIpc) is 3.08. The summed E-state index contributed by atoms with van der Waals surface area (Å²) in [5.74, 6) is 0.457. The van der Waals surface area contributed by atoms with Gasteiger partial charge in [-0.05, 0) is 41.5 Å². The van der Waals surface area contributed by atoms with Crippen molar-refractivity contribution in [1.82, 2.24) is 0 Å². The molecular weight excluding hydrogens is 444 g/mol. The third-order valence-corrected chi connectivity index (χ3v) is 6.38. The molecule has 0 unspecified atom stereocenters. The largest absolute Gasteiger partial charge is 0.493 e. The van der Waals surface area contributed by atoms with Crippen molar-refractivity contribution in [3.05, 3.63) is 81.2 Å². The minimum absolute atomic E-state index is 0.0423. The van der Waals surface area contributed by atoms with E-state index >= 15 is 0 Å². The van der Waals surface area contributed by atoms with Crippen molar-refractivity contribution in [3.63, 3.8) is 0 Å². The zero-order valence-corrected chi connectivity index (χ0v) is 18.9. The molecule has 0 aliphatic carbocycles. The highest BCUT2D eigenvalue weighted by atomic mass is 32.2. The molecule has 32 heavy (non-hydrogen) atoms. The molecule has 0 atom stereocenters. The van der Waals surface area contributed by atoms with Crippen molar-refractivity contribution < 1.29 is 14.5 Å². The fourth-order valence-corrected chi connectivity index (χ4v) is 4.70. The van der Waals surface area contributed by atoms with Gasteiger partial charge in [-0.1, -0.05) is 67.7 Å². The Morgan fingerprint density at radius 3 is 2.59 bits per heavy atom. The van der Waals surface area contributed by atoms with Gasteiger partial charge in [0.25, 0.3) is 11.6 Å². The fraction of sp³-hybridized carbons (Fsp3) is 0.167. The number of carbonyl (C=O) groups excluding carboxylic acids is 1. The number of nitro benzene ring substituents is 1. The van der Waals surface area contributed by atoms with Crippen LogP contribution >= 0.6 is 24.0 Å². The zero-order chi connectivity index (χ0) is 22.7. The standard InChI is InChI=1S/C24H20N2O4S2/c1-2-3-14-30-21-13-8-16-6-4-5-7-19(16)20(21)15-22-23(27)25(24(31)32-22)17-9-11-18(12-10-17)26(28)29/h4-13,15H,2-3,14H2,1H3/b22-15+. The van der Waals surface area contributed by atoms with Crippen LogP contribution in [0.1, 0.15) is 25.3 Å². The van der Waals surface area contributed by atoms with Crippen molar-refractivity contribution in [2.45, 2.75) is 19.8 Å². The smallest absolute Gasteiger partial charge is 0.270 e. The van der Waals surface area contributed by atoms with Gasteiger partial charge in [-0.15, -0.1) is 0 Å². The summed E-state index contributed by atoms with van der Waals surface area (Å²) in [6.45, 7) is 2.70. The molecule has 0 saturated carbocycles. The van der Waals surface area contributed by atoms with Crippen molar-refractivity contribution in [2.24, 2.45) is 0 Å². The molecule has 3 aromatic rings. The summed E-state index contributed by atoms with van der Waals surface area (Å²) < 4.78 is 6.41. The van der Waals surface area contributed by atoms with Crippen LogP contribution in [0.5, 0.6) is 5.75 Å². The van der Waals surface area contributed by atoms with E-state index in [4.69, 9.17) is 17.0 Å². The number of unbranched alkanes of at least 4 members (excludes halogenated alkanes) is 1. The maximum atomic E-state index is 13.2. The van der Waals surface area contributed by atoms with Crippen LogP contribution in [-0.4, -0.2) is 21.8 Å². The van der Waals surface area contributed by atoms with Crippen LogP contribution in [0.2, 0.25) is 0 Å². The first-order valence-electron chi connectivity index (χ1n) is 10.2. The Hall–Kier alpha value is -3.23. The van der Waals surface area contributed by atoms with Gasteiger partial charge < -0.3 is 4.74 Å². The highest BCUT2D eigenvalue weighted by molar-refractivity contribution is 8.27. The van der Waals surface area contributed by atoms with Gasteiger partial charge in [0.1, 0.15) is 5.75 Å². The van der Waals surface area contributed by atoms with Gasteiger partial charge >= 0.3 is 0 Å². The van der Waals surface area contributed by atoms with Crippen LogP contribution in [-0.2, 0) is 4.79 Å². The Kier molecular flexibility index (Phi) is 6.53. The van der Waals surface area contributed by atoms with E-state index in [-0.39, 0.29) is 11.6 Å². The molecule has 0 bridgehead atoms. The molecule has 1 heterocycles. The van der Waals surface area contributed by atoms with Gasteiger partial charge in [-0.3, -0.25) is 19.8 Å². The van der Waals surface area contributed by atoms with Crippen LogP contribution in [0, 0.1) is 10.1 Å². The van der Waals surface area contributed by atoms with E-state index in [1.165, 1.54) is 40.9 Å². The number of hydrogen-bond acceptors (Lipinski definition) is 6. The summed E-state index contributed by atoms with van der Waals surface area (Å²) in [6.07, 6.45) is 3.79. The van der Waals surface area contributed by atoms with Crippen LogP contribution in [0.4, 0.5) is 11.4 Å². The van der Waals surface area contributed by atoms with Gasteiger partial charge in [0.15, 0.2) is 4.32 Å². The minimum Gasteiger partial charge on any atom is -0.493 e. The maximum Gasteiger partial charge on any atom is 0.270 e. The second kappa shape index (κ2) is 9.50. The van der Waals surface area contributed by atoms with E-state index in [2.05, 4.69) is 6.92 Å². The molecule has 1 saturated heterocycles. The lowest BCUT2D eigenvalue weighted by Crippen LogP contribution is -2.27. The zero-order valence-electron chi connectivity index (χ0n) is 17.3. The van der Waals surface area contributed by atoms with E-state index in [0.29, 0.717) is 21.5 Å². The molecule has 162 valence electrons. The van der Waals surface area contributed by atoms with E-state index in [0.717, 1.165) is 34.9 Å². The van der Waals surface area contributed by atoms with Gasteiger partial charge in [-0.25, -0.2) is 0 Å². The van der Waals surface area contributed by atoms with Crippen molar-refractivity contribution in [2.75, 3.05) is 11.5 Å². The lowest BCUT2D eigenvalue weighted by molar-refractivity contribution is -0.384. The lowest BCUT2D eigenvalue weighted by atomic mass is 10.0. The molecule has 0 spiro atoms. The predicted molar refractivity (Wildman–Crippen MR) is 133 cm³/mol. The first-order valence-corrected chi connectivity index (χ1v) is 11.4. The number of thiocarbonyl (C=S) groups is 1. The number of non-ortho nitro benzene ring substituents is 1. The first-order chi connectivity index (χ1) is 15.5. The van der Waals surface area contributed by atoms with Gasteiger partial charge in [0, 0.05) is 17.7 Å². The lowest BCUT2D eigenvalue weighted by Gasteiger charge is -2.14.